The molecule has 5 heteroatoms. The lowest BCUT2D eigenvalue weighted by Crippen LogP contribution is -2.02. The first-order chi connectivity index (χ1) is 10.8. The summed E-state index contributed by atoms with van der Waals surface area (Å²) in [6.45, 7) is 0.147. The molecule has 108 valence electrons. The molecule has 0 saturated carbocycles. The minimum Gasteiger partial charge on any atom is -0.460 e. The van der Waals surface area contributed by atoms with Gasteiger partial charge < -0.3 is 9.15 Å². The highest BCUT2D eigenvalue weighted by Crippen LogP contribution is 2.24. The highest BCUT2D eigenvalue weighted by atomic mass is 16.5. The zero-order valence-electron chi connectivity index (χ0n) is 11.7. The number of fused-ring (bicyclic) bond motifs is 1. The number of esters is 1. The summed E-state index contributed by atoms with van der Waals surface area (Å²) in [6, 6.07) is 16.7. The third-order valence-corrected chi connectivity index (χ3v) is 3.12. The van der Waals surface area contributed by atoms with E-state index in [1.807, 2.05) is 48.5 Å². The molecule has 0 bridgehead atoms. The van der Waals surface area contributed by atoms with Crippen molar-refractivity contribution < 1.29 is 13.9 Å². The van der Waals surface area contributed by atoms with Crippen molar-refractivity contribution in [2.45, 2.75) is 13.0 Å². The summed E-state index contributed by atoms with van der Waals surface area (Å²) < 4.78 is 10.7. The first-order valence-electron chi connectivity index (χ1n) is 6.74. The highest BCUT2D eigenvalue weighted by Gasteiger charge is 2.08. The van der Waals surface area contributed by atoms with E-state index in [-0.39, 0.29) is 13.0 Å². The Balaban J connectivity index is 1.74. The Morgan fingerprint density at radius 2 is 1.95 bits per heavy atom. The van der Waals surface area contributed by atoms with Crippen LogP contribution >= 0.6 is 0 Å². The van der Waals surface area contributed by atoms with E-state index in [1.54, 1.807) is 6.07 Å². The maximum absolute atomic E-state index is 11.1. The molecule has 1 heterocycles. The van der Waals surface area contributed by atoms with Crippen molar-refractivity contribution in [2.75, 3.05) is 0 Å². The Kier molecular flexibility index (Phi) is 3.84. The maximum Gasteiger partial charge on any atom is 0.320 e. The topological polar surface area (TPSA) is 76.1 Å². The predicted molar refractivity (Wildman–Crippen MR) is 79.5 cm³/mol. The van der Waals surface area contributed by atoms with E-state index in [4.69, 9.17) is 14.4 Å². The smallest absolute Gasteiger partial charge is 0.320 e. The summed E-state index contributed by atoms with van der Waals surface area (Å²) >= 11 is 0. The number of hydrogen-bond acceptors (Lipinski definition) is 5. The maximum atomic E-state index is 11.1. The van der Waals surface area contributed by atoms with Gasteiger partial charge in [-0.15, -0.1) is 0 Å². The largest absolute Gasteiger partial charge is 0.460 e. The number of aromatic nitrogens is 1. The summed E-state index contributed by atoms with van der Waals surface area (Å²) in [6.07, 6.45) is -0.235. The Bertz CT molecular complexity index is 811. The molecule has 0 amide bonds. The SMILES string of the molecule is N#CCC(=O)OCc1ccc(-c2nc3ccccc3o2)cc1. The van der Waals surface area contributed by atoms with Crippen LogP contribution in [0.5, 0.6) is 0 Å². The van der Waals surface area contributed by atoms with Crippen LogP contribution in [0.15, 0.2) is 52.9 Å². The fourth-order valence-corrected chi connectivity index (χ4v) is 2.02. The molecule has 0 atom stereocenters. The summed E-state index contributed by atoms with van der Waals surface area (Å²) in [5, 5.41) is 8.39. The first-order valence-corrected chi connectivity index (χ1v) is 6.74. The second-order valence-electron chi connectivity index (χ2n) is 4.68. The van der Waals surface area contributed by atoms with Crippen LogP contribution < -0.4 is 0 Å². The number of carbonyl (C=O) groups excluding carboxylic acids is 1. The van der Waals surface area contributed by atoms with Gasteiger partial charge in [0, 0.05) is 5.56 Å². The van der Waals surface area contributed by atoms with Gasteiger partial charge >= 0.3 is 5.97 Å². The van der Waals surface area contributed by atoms with E-state index in [0.29, 0.717) is 5.89 Å². The van der Waals surface area contributed by atoms with E-state index in [1.165, 1.54) is 0 Å². The molecule has 0 saturated heterocycles. The van der Waals surface area contributed by atoms with Crippen LogP contribution in [0.4, 0.5) is 0 Å². The van der Waals surface area contributed by atoms with Crippen molar-refractivity contribution in [2.24, 2.45) is 0 Å². The summed E-state index contributed by atoms with van der Waals surface area (Å²) in [5.74, 6) is 0.0275. The van der Waals surface area contributed by atoms with Gasteiger partial charge in [0.05, 0.1) is 6.07 Å². The predicted octanol–water partition coefficient (Wildman–Crippen LogP) is 3.45. The molecule has 0 N–H and O–H groups in total. The van der Waals surface area contributed by atoms with Gasteiger partial charge in [-0.25, -0.2) is 4.98 Å². The van der Waals surface area contributed by atoms with Crippen molar-refractivity contribution in [3.05, 3.63) is 54.1 Å². The lowest BCUT2D eigenvalue weighted by molar-refractivity contribution is -0.143. The Morgan fingerprint density at radius 3 is 2.68 bits per heavy atom. The average molecular weight is 292 g/mol. The van der Waals surface area contributed by atoms with Crippen LogP contribution in [0.25, 0.3) is 22.6 Å². The number of nitriles is 1. The zero-order chi connectivity index (χ0) is 15.4. The van der Waals surface area contributed by atoms with Crippen molar-refractivity contribution in [3.63, 3.8) is 0 Å². The monoisotopic (exact) mass is 292 g/mol. The van der Waals surface area contributed by atoms with Gasteiger partial charge in [-0.05, 0) is 29.8 Å². The number of nitrogens with zero attached hydrogens (tertiary/aromatic N) is 2. The van der Waals surface area contributed by atoms with Gasteiger partial charge in [0.2, 0.25) is 5.89 Å². The van der Waals surface area contributed by atoms with Crippen LogP contribution in [0.2, 0.25) is 0 Å². The highest BCUT2D eigenvalue weighted by molar-refractivity contribution is 5.76. The van der Waals surface area contributed by atoms with Crippen molar-refractivity contribution in [1.82, 2.24) is 4.98 Å². The lowest BCUT2D eigenvalue weighted by atomic mass is 10.1. The second kappa shape index (κ2) is 6.10. The third kappa shape index (κ3) is 2.96. The number of benzene rings is 2. The molecule has 0 aliphatic carbocycles. The van der Waals surface area contributed by atoms with E-state index < -0.39 is 5.97 Å². The number of rotatable bonds is 4. The normalized spacial score (nSPS) is 10.3. The molecule has 0 radical (unpaired) electrons. The number of ether oxygens (including phenoxy) is 1. The first kappa shape index (κ1) is 13.8. The van der Waals surface area contributed by atoms with Crippen molar-refractivity contribution in [3.8, 4) is 17.5 Å². The van der Waals surface area contributed by atoms with E-state index in [9.17, 15) is 4.79 Å². The van der Waals surface area contributed by atoms with Gasteiger partial charge in [0.15, 0.2) is 5.58 Å². The summed E-state index contributed by atoms with van der Waals surface area (Å²) in [5.41, 5.74) is 3.24. The number of para-hydroxylation sites is 2. The van der Waals surface area contributed by atoms with Gasteiger partial charge in [-0.1, -0.05) is 24.3 Å². The fraction of sp³-hybridized carbons (Fsp3) is 0.118. The molecular weight excluding hydrogens is 280 g/mol. The molecule has 0 aliphatic rings. The summed E-state index contributed by atoms with van der Waals surface area (Å²) in [4.78, 5) is 15.6. The molecular formula is C17H12N2O3. The minimum absolute atomic E-state index is 0.147. The zero-order valence-corrected chi connectivity index (χ0v) is 11.7. The minimum atomic E-state index is -0.523. The molecule has 2 aromatic carbocycles. The molecule has 1 aromatic heterocycles. The Labute approximate surface area is 126 Å². The van der Waals surface area contributed by atoms with Gasteiger partial charge in [-0.3, -0.25) is 4.79 Å². The van der Waals surface area contributed by atoms with Crippen molar-refractivity contribution >= 4 is 17.1 Å². The molecule has 0 spiro atoms. The van der Waals surface area contributed by atoms with Crippen molar-refractivity contribution in [1.29, 1.82) is 5.26 Å². The van der Waals surface area contributed by atoms with Gasteiger partial charge in [0.1, 0.15) is 18.5 Å². The van der Waals surface area contributed by atoms with Crippen LogP contribution in [-0.4, -0.2) is 11.0 Å². The molecule has 3 rings (SSSR count). The second-order valence-corrected chi connectivity index (χ2v) is 4.68. The van der Waals surface area contributed by atoms with Crippen LogP contribution in [0, 0.1) is 11.3 Å². The van der Waals surface area contributed by atoms with E-state index >= 15 is 0 Å². The van der Waals surface area contributed by atoms with Crippen LogP contribution in [0.1, 0.15) is 12.0 Å². The lowest BCUT2D eigenvalue weighted by Gasteiger charge is -2.03. The van der Waals surface area contributed by atoms with Crippen LogP contribution in [-0.2, 0) is 16.1 Å². The molecule has 0 unspecified atom stereocenters. The average Bonchev–Trinajstić information content (AvgIpc) is 2.98. The molecule has 0 fully saturated rings. The molecule has 0 aliphatic heterocycles. The standard InChI is InChI=1S/C17H12N2O3/c18-10-9-16(20)21-11-12-5-7-13(8-6-12)17-19-14-3-1-2-4-15(14)22-17/h1-8H,9,11H2. The molecule has 3 aromatic rings. The molecule has 5 nitrogen and oxygen atoms in total. The van der Waals surface area contributed by atoms with Crippen LogP contribution in [0.3, 0.4) is 0 Å². The molecule has 22 heavy (non-hydrogen) atoms. The van der Waals surface area contributed by atoms with E-state index in [2.05, 4.69) is 4.98 Å². The quantitative estimate of drug-likeness (QED) is 0.688. The number of oxazole rings is 1. The fourth-order valence-electron chi connectivity index (χ4n) is 2.02. The van der Waals surface area contributed by atoms with E-state index in [0.717, 1.165) is 22.2 Å². The number of carbonyl (C=O) groups is 1. The summed E-state index contributed by atoms with van der Waals surface area (Å²) in [7, 11) is 0. The Morgan fingerprint density at radius 1 is 1.18 bits per heavy atom. The Hall–Kier alpha value is -3.13. The third-order valence-electron chi connectivity index (χ3n) is 3.12. The van der Waals surface area contributed by atoms with Gasteiger partial charge in [0.25, 0.3) is 0 Å². The van der Waals surface area contributed by atoms with Gasteiger partial charge in [-0.2, -0.15) is 5.26 Å². The number of hydrogen-bond donors (Lipinski definition) is 0.